The molecule has 182 valence electrons. The van der Waals surface area contributed by atoms with E-state index < -0.39 is 16.1 Å². The van der Waals surface area contributed by atoms with Crippen LogP contribution in [-0.4, -0.2) is 32.9 Å². The van der Waals surface area contributed by atoms with Crippen molar-refractivity contribution in [2.45, 2.75) is 24.4 Å². The standard InChI is InChI=1S/C26H27N3O4S2/c1-4-29(17-20-8-7-15-34-20)26(30)25(22-9-5-6-10-24(22)33-3)28-35(31,32)21-13-14-23-19(16-21)12-11-18(2)27-23/h5-16,25,27-28H,2,4,17H2,1,3H3/t25-/m1/s1. The highest BCUT2D eigenvalue weighted by Crippen LogP contribution is 2.31. The van der Waals surface area contributed by atoms with Crippen LogP contribution in [0.25, 0.3) is 6.08 Å². The van der Waals surface area contributed by atoms with Crippen molar-refractivity contribution in [2.75, 3.05) is 19.0 Å². The molecule has 1 aromatic heterocycles. The topological polar surface area (TPSA) is 87.7 Å². The third-order valence-corrected chi connectivity index (χ3v) is 7.96. The maximum absolute atomic E-state index is 13.8. The van der Waals surface area contributed by atoms with Crippen molar-refractivity contribution in [3.8, 4) is 5.75 Å². The average Bonchev–Trinajstić information content (AvgIpc) is 3.38. The molecule has 0 aliphatic carbocycles. The van der Waals surface area contributed by atoms with Crippen LogP contribution in [0.2, 0.25) is 0 Å². The number of hydrogen-bond donors (Lipinski definition) is 2. The molecule has 35 heavy (non-hydrogen) atoms. The fraction of sp³-hybridized carbons (Fsp3) is 0.192. The van der Waals surface area contributed by atoms with Crippen molar-refractivity contribution in [1.82, 2.24) is 9.62 Å². The first-order valence-corrected chi connectivity index (χ1v) is 13.4. The van der Waals surface area contributed by atoms with E-state index in [-0.39, 0.29) is 10.8 Å². The SMILES string of the molecule is C=C1C=Cc2cc(S(=O)(=O)N[C@@H](C(=O)N(CC)Cc3cccs3)c3ccccc3OC)ccc2N1. The van der Waals surface area contributed by atoms with Crippen LogP contribution in [0.15, 0.2) is 83.2 Å². The van der Waals surface area contributed by atoms with Gasteiger partial charge in [-0.3, -0.25) is 4.79 Å². The van der Waals surface area contributed by atoms with Crippen LogP contribution < -0.4 is 14.8 Å². The van der Waals surface area contributed by atoms with Gasteiger partial charge in [-0.15, -0.1) is 11.3 Å². The highest BCUT2D eigenvalue weighted by atomic mass is 32.2. The van der Waals surface area contributed by atoms with Gasteiger partial charge in [0.25, 0.3) is 0 Å². The minimum atomic E-state index is -4.06. The van der Waals surface area contributed by atoms with Crippen molar-refractivity contribution < 1.29 is 17.9 Å². The van der Waals surface area contributed by atoms with E-state index in [0.717, 1.165) is 16.3 Å². The van der Waals surface area contributed by atoms with Crippen LogP contribution in [0.3, 0.4) is 0 Å². The number of carbonyl (C=O) groups excluding carboxylic acids is 1. The summed E-state index contributed by atoms with van der Waals surface area (Å²) in [6.07, 6.45) is 3.58. The van der Waals surface area contributed by atoms with Gasteiger partial charge in [0.05, 0.1) is 18.6 Å². The number of amides is 1. The molecule has 1 amide bonds. The van der Waals surface area contributed by atoms with Gasteiger partial charge >= 0.3 is 0 Å². The number of anilines is 1. The molecule has 2 aromatic carbocycles. The molecule has 7 nitrogen and oxygen atoms in total. The lowest BCUT2D eigenvalue weighted by Gasteiger charge is -2.28. The van der Waals surface area contributed by atoms with Crippen LogP contribution in [0.4, 0.5) is 5.69 Å². The molecule has 0 spiro atoms. The van der Waals surface area contributed by atoms with Crippen molar-refractivity contribution >= 4 is 39.0 Å². The summed E-state index contributed by atoms with van der Waals surface area (Å²) in [7, 11) is -2.57. The monoisotopic (exact) mass is 509 g/mol. The molecular weight excluding hydrogens is 482 g/mol. The number of methoxy groups -OCH3 is 1. The molecule has 0 bridgehead atoms. The van der Waals surface area contributed by atoms with Gasteiger partial charge in [0.1, 0.15) is 11.8 Å². The molecule has 1 aliphatic rings. The first kappa shape index (κ1) is 24.7. The Morgan fingerprint density at radius 2 is 1.97 bits per heavy atom. The summed E-state index contributed by atoms with van der Waals surface area (Å²) in [6.45, 7) is 6.54. The summed E-state index contributed by atoms with van der Waals surface area (Å²) < 4.78 is 35.2. The van der Waals surface area contributed by atoms with Gasteiger partial charge in [-0.2, -0.15) is 4.72 Å². The van der Waals surface area contributed by atoms with Crippen LogP contribution in [0, 0.1) is 0 Å². The molecule has 9 heteroatoms. The number of carbonyl (C=O) groups is 1. The number of thiophene rings is 1. The predicted octanol–water partition coefficient (Wildman–Crippen LogP) is 4.78. The smallest absolute Gasteiger partial charge is 0.245 e. The number of allylic oxidation sites excluding steroid dienone is 1. The third kappa shape index (κ3) is 5.48. The van der Waals surface area contributed by atoms with Crippen molar-refractivity contribution in [3.05, 3.63) is 94.3 Å². The maximum Gasteiger partial charge on any atom is 0.245 e. The normalized spacial score (nSPS) is 13.6. The van der Waals surface area contributed by atoms with E-state index in [4.69, 9.17) is 4.74 Å². The largest absolute Gasteiger partial charge is 0.496 e. The maximum atomic E-state index is 13.8. The molecule has 1 aliphatic heterocycles. The summed E-state index contributed by atoms with van der Waals surface area (Å²) in [6, 6.07) is 14.4. The molecule has 4 rings (SSSR count). The third-order valence-electron chi connectivity index (χ3n) is 5.68. The Bertz CT molecular complexity index is 1360. The van der Waals surface area contributed by atoms with Crippen LogP contribution in [0.5, 0.6) is 5.75 Å². The lowest BCUT2D eigenvalue weighted by atomic mass is 10.1. The molecule has 0 saturated carbocycles. The molecule has 3 aromatic rings. The Morgan fingerprint density at radius 3 is 2.69 bits per heavy atom. The highest BCUT2D eigenvalue weighted by Gasteiger charge is 2.32. The lowest BCUT2D eigenvalue weighted by Crippen LogP contribution is -2.42. The molecule has 0 saturated heterocycles. The van der Waals surface area contributed by atoms with Gasteiger partial charge in [-0.05, 0) is 54.3 Å². The first-order valence-electron chi connectivity index (χ1n) is 11.1. The van der Waals surface area contributed by atoms with Gasteiger partial charge in [0.15, 0.2) is 0 Å². The summed E-state index contributed by atoms with van der Waals surface area (Å²) in [5, 5.41) is 5.06. The number of sulfonamides is 1. The Kier molecular flexibility index (Phi) is 7.39. The summed E-state index contributed by atoms with van der Waals surface area (Å²) in [5.41, 5.74) is 2.65. The number of para-hydroxylation sites is 1. The highest BCUT2D eigenvalue weighted by molar-refractivity contribution is 7.89. The fourth-order valence-electron chi connectivity index (χ4n) is 3.86. The number of nitrogens with zero attached hydrogens (tertiary/aromatic N) is 1. The van der Waals surface area contributed by atoms with Gasteiger partial charge < -0.3 is 15.0 Å². The zero-order valence-corrected chi connectivity index (χ0v) is 21.2. The number of fused-ring (bicyclic) bond motifs is 1. The molecule has 0 radical (unpaired) electrons. The number of hydrogen-bond acceptors (Lipinski definition) is 6. The van der Waals surface area contributed by atoms with E-state index >= 15 is 0 Å². The van der Waals surface area contributed by atoms with Gasteiger partial charge in [0.2, 0.25) is 15.9 Å². The number of likely N-dealkylation sites (N-methyl/N-ethyl adjacent to an activating group) is 1. The fourth-order valence-corrected chi connectivity index (χ4v) is 5.78. The van der Waals surface area contributed by atoms with Crippen LogP contribution in [-0.2, 0) is 21.4 Å². The second-order valence-corrected chi connectivity index (χ2v) is 10.7. The molecule has 1 atom stereocenters. The van der Waals surface area contributed by atoms with E-state index in [2.05, 4.69) is 16.6 Å². The first-order chi connectivity index (χ1) is 16.8. The summed E-state index contributed by atoms with van der Waals surface area (Å²) in [5.74, 6) is 0.0709. The molecule has 0 unspecified atom stereocenters. The Morgan fingerprint density at radius 1 is 1.17 bits per heavy atom. The average molecular weight is 510 g/mol. The molecule has 2 heterocycles. The van der Waals surface area contributed by atoms with Crippen molar-refractivity contribution in [1.29, 1.82) is 0 Å². The van der Waals surface area contributed by atoms with E-state index in [1.807, 2.05) is 24.4 Å². The van der Waals surface area contributed by atoms with Crippen molar-refractivity contribution in [2.24, 2.45) is 0 Å². The minimum absolute atomic E-state index is 0.0595. The number of benzene rings is 2. The van der Waals surface area contributed by atoms with E-state index in [9.17, 15) is 13.2 Å². The molecule has 2 N–H and O–H groups in total. The van der Waals surface area contributed by atoms with Gasteiger partial charge in [-0.1, -0.05) is 36.9 Å². The second-order valence-electron chi connectivity index (χ2n) is 7.96. The predicted molar refractivity (Wildman–Crippen MR) is 140 cm³/mol. The van der Waals surface area contributed by atoms with Crippen LogP contribution >= 0.6 is 11.3 Å². The lowest BCUT2D eigenvalue weighted by molar-refractivity contribution is -0.133. The van der Waals surface area contributed by atoms with Crippen LogP contribution in [0.1, 0.15) is 29.0 Å². The van der Waals surface area contributed by atoms with Gasteiger partial charge in [-0.25, -0.2) is 8.42 Å². The Hall–Kier alpha value is -3.40. The van der Waals surface area contributed by atoms with Gasteiger partial charge in [0, 0.05) is 28.4 Å². The van der Waals surface area contributed by atoms with E-state index in [0.29, 0.717) is 30.0 Å². The number of rotatable bonds is 9. The zero-order chi connectivity index (χ0) is 25.0. The summed E-state index contributed by atoms with van der Waals surface area (Å²) >= 11 is 1.55. The minimum Gasteiger partial charge on any atom is -0.496 e. The van der Waals surface area contributed by atoms with E-state index in [1.165, 1.54) is 13.2 Å². The molecular formula is C26H27N3O4S2. The van der Waals surface area contributed by atoms with Crippen molar-refractivity contribution in [3.63, 3.8) is 0 Å². The molecule has 0 fully saturated rings. The Balaban J connectivity index is 1.71. The zero-order valence-electron chi connectivity index (χ0n) is 19.5. The quantitative estimate of drug-likeness (QED) is 0.434. The summed E-state index contributed by atoms with van der Waals surface area (Å²) in [4.78, 5) is 16.5. The Labute approximate surface area is 209 Å². The number of nitrogens with one attached hydrogen (secondary N) is 2. The number of ether oxygens (including phenoxy) is 1. The second kappa shape index (κ2) is 10.5. The van der Waals surface area contributed by atoms with E-state index in [1.54, 1.807) is 64.8 Å².